The van der Waals surface area contributed by atoms with Crippen LogP contribution in [0, 0.1) is 0 Å². The molecule has 0 unspecified atom stereocenters. The molecule has 0 fully saturated rings. The molecule has 5 heteroatoms. The second kappa shape index (κ2) is 5.25. The monoisotopic (exact) mass is 224 g/mol. The van der Waals surface area contributed by atoms with Crippen molar-refractivity contribution in [3.63, 3.8) is 0 Å². The predicted molar refractivity (Wildman–Crippen MR) is 61.3 cm³/mol. The van der Waals surface area contributed by atoms with Crippen molar-refractivity contribution in [3.8, 4) is 11.5 Å². The second-order valence-corrected chi connectivity index (χ2v) is 3.58. The molecule has 0 atom stereocenters. The molecular formula is C11H16N2O3. The van der Waals surface area contributed by atoms with Gasteiger partial charge in [-0.15, -0.1) is 0 Å². The summed E-state index contributed by atoms with van der Waals surface area (Å²) in [5.41, 5.74) is 5.78. The minimum atomic E-state index is -0.0172. The number of benzene rings is 1. The van der Waals surface area contributed by atoms with Gasteiger partial charge in [-0.1, -0.05) is 6.07 Å². The summed E-state index contributed by atoms with van der Waals surface area (Å²) >= 11 is 0. The fourth-order valence-corrected chi connectivity index (χ4v) is 1.13. The molecule has 0 aliphatic heterocycles. The SMILES string of the molecule is CN(C)C(=O)CCOc1cccc(O)c1N. The zero-order valence-electron chi connectivity index (χ0n) is 9.43. The van der Waals surface area contributed by atoms with E-state index in [1.165, 1.54) is 11.0 Å². The van der Waals surface area contributed by atoms with Crippen LogP contribution in [0.3, 0.4) is 0 Å². The van der Waals surface area contributed by atoms with E-state index in [1.807, 2.05) is 0 Å². The summed E-state index contributed by atoms with van der Waals surface area (Å²) in [5, 5.41) is 9.32. The topological polar surface area (TPSA) is 75.8 Å². The lowest BCUT2D eigenvalue weighted by Gasteiger charge is -2.12. The molecule has 16 heavy (non-hydrogen) atoms. The molecule has 0 saturated heterocycles. The third-order valence-electron chi connectivity index (χ3n) is 2.12. The number of ether oxygens (including phenoxy) is 1. The van der Waals surface area contributed by atoms with Gasteiger partial charge in [0.15, 0.2) is 0 Å². The number of rotatable bonds is 4. The molecule has 0 spiro atoms. The average Bonchev–Trinajstić information content (AvgIpc) is 2.24. The van der Waals surface area contributed by atoms with E-state index in [2.05, 4.69) is 0 Å². The fraction of sp³-hybridized carbons (Fsp3) is 0.364. The molecule has 88 valence electrons. The number of phenolic OH excluding ortho intramolecular Hbond substituents is 1. The summed E-state index contributed by atoms with van der Waals surface area (Å²) in [6.07, 6.45) is 0.280. The van der Waals surface area contributed by atoms with Gasteiger partial charge in [-0.25, -0.2) is 0 Å². The first kappa shape index (κ1) is 12.2. The van der Waals surface area contributed by atoms with E-state index < -0.39 is 0 Å². The van der Waals surface area contributed by atoms with Crippen LogP contribution in [0.2, 0.25) is 0 Å². The van der Waals surface area contributed by atoms with Crippen molar-refractivity contribution in [2.45, 2.75) is 6.42 Å². The molecule has 1 aromatic carbocycles. The molecule has 1 rings (SSSR count). The normalized spacial score (nSPS) is 9.88. The number of amides is 1. The number of anilines is 1. The first-order valence-corrected chi connectivity index (χ1v) is 4.92. The number of carbonyl (C=O) groups excluding carboxylic acids is 1. The van der Waals surface area contributed by atoms with Gasteiger partial charge in [0.05, 0.1) is 13.0 Å². The minimum Gasteiger partial charge on any atom is -0.506 e. The number of nitrogens with zero attached hydrogens (tertiary/aromatic N) is 1. The van der Waals surface area contributed by atoms with E-state index in [1.54, 1.807) is 26.2 Å². The molecule has 3 N–H and O–H groups in total. The summed E-state index contributed by atoms with van der Waals surface area (Å²) in [6.45, 7) is 0.241. The Hall–Kier alpha value is -1.91. The maximum Gasteiger partial charge on any atom is 0.225 e. The van der Waals surface area contributed by atoms with Crippen molar-refractivity contribution in [1.82, 2.24) is 4.90 Å². The highest BCUT2D eigenvalue weighted by Gasteiger charge is 2.07. The zero-order chi connectivity index (χ0) is 12.1. The van der Waals surface area contributed by atoms with Crippen LogP contribution in [0.4, 0.5) is 5.69 Å². The summed E-state index contributed by atoms with van der Waals surface area (Å²) in [6, 6.07) is 4.76. The molecular weight excluding hydrogens is 208 g/mol. The lowest BCUT2D eigenvalue weighted by Crippen LogP contribution is -2.23. The largest absolute Gasteiger partial charge is 0.506 e. The first-order chi connectivity index (χ1) is 7.52. The molecule has 1 amide bonds. The molecule has 0 aromatic heterocycles. The van der Waals surface area contributed by atoms with Gasteiger partial charge in [-0.05, 0) is 12.1 Å². The fourth-order valence-electron chi connectivity index (χ4n) is 1.13. The molecule has 0 radical (unpaired) electrons. The summed E-state index contributed by atoms with van der Waals surface area (Å²) in [7, 11) is 3.37. The van der Waals surface area contributed by atoms with Crippen molar-refractivity contribution in [2.75, 3.05) is 26.4 Å². The van der Waals surface area contributed by atoms with Gasteiger partial charge >= 0.3 is 0 Å². The Labute approximate surface area is 94.4 Å². The summed E-state index contributed by atoms with van der Waals surface area (Å²) in [4.78, 5) is 12.7. The zero-order valence-corrected chi connectivity index (χ0v) is 9.43. The lowest BCUT2D eigenvalue weighted by atomic mass is 10.3. The Kier molecular flexibility index (Phi) is 3.99. The van der Waals surface area contributed by atoms with Crippen LogP contribution in [0.1, 0.15) is 6.42 Å². The first-order valence-electron chi connectivity index (χ1n) is 4.92. The summed E-state index contributed by atoms with van der Waals surface area (Å²) < 4.78 is 5.31. The van der Waals surface area contributed by atoms with Gasteiger partial charge in [-0.2, -0.15) is 0 Å². The number of nitrogen functional groups attached to an aromatic ring is 1. The van der Waals surface area contributed by atoms with Gasteiger partial charge in [0.2, 0.25) is 5.91 Å². The Balaban J connectivity index is 2.49. The Morgan fingerprint density at radius 3 is 2.81 bits per heavy atom. The van der Waals surface area contributed by atoms with Crippen LogP contribution in [0.25, 0.3) is 0 Å². The van der Waals surface area contributed by atoms with E-state index in [0.29, 0.717) is 5.75 Å². The van der Waals surface area contributed by atoms with Crippen LogP contribution in [-0.2, 0) is 4.79 Å². The van der Waals surface area contributed by atoms with Gasteiger partial charge in [0.25, 0.3) is 0 Å². The molecule has 5 nitrogen and oxygen atoms in total. The van der Waals surface area contributed by atoms with Crippen molar-refractivity contribution in [1.29, 1.82) is 0 Å². The highest BCUT2D eigenvalue weighted by molar-refractivity contribution is 5.75. The third kappa shape index (κ3) is 3.05. The van der Waals surface area contributed by atoms with E-state index >= 15 is 0 Å². The molecule has 0 heterocycles. The van der Waals surface area contributed by atoms with Gasteiger partial charge < -0.3 is 20.5 Å². The molecule has 1 aromatic rings. The number of carbonyl (C=O) groups is 1. The van der Waals surface area contributed by atoms with Gasteiger partial charge in [0.1, 0.15) is 17.2 Å². The number of aromatic hydroxyl groups is 1. The number of nitrogens with two attached hydrogens (primary N) is 1. The number of hydrogen-bond donors (Lipinski definition) is 2. The Bertz CT molecular complexity index is 377. The average molecular weight is 224 g/mol. The maximum absolute atomic E-state index is 11.3. The van der Waals surface area contributed by atoms with E-state index in [9.17, 15) is 9.90 Å². The van der Waals surface area contributed by atoms with Crippen LogP contribution in [0.5, 0.6) is 11.5 Å². The highest BCUT2D eigenvalue weighted by Crippen LogP contribution is 2.29. The van der Waals surface area contributed by atoms with Crippen molar-refractivity contribution < 1.29 is 14.6 Å². The standard InChI is InChI=1S/C11H16N2O3/c1-13(2)10(15)6-7-16-9-5-3-4-8(14)11(9)12/h3-5,14H,6-7,12H2,1-2H3. The van der Waals surface area contributed by atoms with Crippen LogP contribution in [-0.4, -0.2) is 36.6 Å². The van der Waals surface area contributed by atoms with E-state index in [0.717, 1.165) is 0 Å². The van der Waals surface area contributed by atoms with Crippen LogP contribution in [0.15, 0.2) is 18.2 Å². The molecule has 0 bridgehead atoms. The van der Waals surface area contributed by atoms with Crippen LogP contribution >= 0.6 is 0 Å². The molecule has 0 aliphatic rings. The van der Waals surface area contributed by atoms with Crippen molar-refractivity contribution >= 4 is 11.6 Å². The Morgan fingerprint density at radius 1 is 1.50 bits per heavy atom. The second-order valence-electron chi connectivity index (χ2n) is 3.58. The molecule has 0 aliphatic carbocycles. The Morgan fingerprint density at radius 2 is 2.19 bits per heavy atom. The van der Waals surface area contributed by atoms with E-state index in [-0.39, 0.29) is 30.4 Å². The molecule has 0 saturated carbocycles. The minimum absolute atomic E-state index is 0.0151. The van der Waals surface area contributed by atoms with Gasteiger partial charge in [0, 0.05) is 14.1 Å². The third-order valence-corrected chi connectivity index (χ3v) is 2.12. The lowest BCUT2D eigenvalue weighted by molar-refractivity contribution is -0.129. The highest BCUT2D eigenvalue weighted by atomic mass is 16.5. The van der Waals surface area contributed by atoms with Crippen molar-refractivity contribution in [3.05, 3.63) is 18.2 Å². The smallest absolute Gasteiger partial charge is 0.225 e. The van der Waals surface area contributed by atoms with Crippen LogP contribution < -0.4 is 10.5 Å². The predicted octanol–water partition coefficient (Wildman–Crippen LogP) is 0.831. The quantitative estimate of drug-likeness (QED) is 0.586. The number of hydrogen-bond acceptors (Lipinski definition) is 4. The van der Waals surface area contributed by atoms with E-state index in [4.69, 9.17) is 10.5 Å². The number of para-hydroxylation sites is 1. The maximum atomic E-state index is 11.3. The summed E-state index contributed by atoms with van der Waals surface area (Å²) in [5.74, 6) is 0.363. The number of phenols is 1. The van der Waals surface area contributed by atoms with Crippen molar-refractivity contribution in [2.24, 2.45) is 0 Å². The van der Waals surface area contributed by atoms with Gasteiger partial charge in [-0.3, -0.25) is 4.79 Å².